The predicted molar refractivity (Wildman–Crippen MR) is 96.7 cm³/mol. The third-order valence-corrected chi connectivity index (χ3v) is 3.50. The van der Waals surface area contributed by atoms with Crippen molar-refractivity contribution in [3.63, 3.8) is 0 Å². The molecule has 4 nitrogen and oxygen atoms in total. The molecular weight excluding hydrogens is 288 g/mol. The quantitative estimate of drug-likeness (QED) is 0.689. The highest BCUT2D eigenvalue weighted by atomic mass is 16.3. The molecule has 1 rings (SSSR count). The molecule has 0 aliphatic carbocycles. The molecule has 1 unspecified atom stereocenters. The number of benzene rings is 1. The lowest BCUT2D eigenvalue weighted by Crippen LogP contribution is -2.27. The van der Waals surface area contributed by atoms with Crippen molar-refractivity contribution in [1.82, 2.24) is 10.2 Å². The number of unbranched alkanes of at least 4 members (excludes halogenated alkanes) is 1. The fourth-order valence-electron chi connectivity index (χ4n) is 2.07. The molecule has 0 fully saturated rings. The summed E-state index contributed by atoms with van der Waals surface area (Å²) < 4.78 is 0. The Morgan fingerprint density at radius 3 is 2.83 bits per heavy atom. The van der Waals surface area contributed by atoms with Gasteiger partial charge in [-0.25, -0.2) is 0 Å². The Bertz CT molecular complexity index is 550. The maximum absolute atomic E-state index is 11.5. The molecule has 4 heteroatoms. The normalized spacial score (nSPS) is 12.2. The Morgan fingerprint density at radius 1 is 1.43 bits per heavy atom. The van der Waals surface area contributed by atoms with Crippen molar-refractivity contribution in [2.24, 2.45) is 0 Å². The summed E-state index contributed by atoms with van der Waals surface area (Å²) in [4.78, 5) is 13.1. The predicted octanol–water partition coefficient (Wildman–Crippen LogP) is 2.90. The zero-order valence-corrected chi connectivity index (χ0v) is 14.4. The van der Waals surface area contributed by atoms with Gasteiger partial charge in [0.2, 0.25) is 5.91 Å². The Hall–Kier alpha value is -2.07. The molecule has 0 heterocycles. The Morgan fingerprint density at radius 2 is 2.17 bits per heavy atom. The first-order chi connectivity index (χ1) is 10.9. The summed E-state index contributed by atoms with van der Waals surface area (Å²) in [5.41, 5.74) is 2.91. The van der Waals surface area contributed by atoms with E-state index in [9.17, 15) is 4.79 Å². The molecule has 1 amide bonds. The van der Waals surface area contributed by atoms with Crippen LogP contribution in [0, 0.1) is 0 Å². The number of rotatable bonds is 9. The highest BCUT2D eigenvalue weighted by molar-refractivity contribution is 5.75. The number of allylic oxidation sites excluding steroid dienone is 1. The molecule has 126 valence electrons. The average Bonchev–Trinajstić information content (AvgIpc) is 2.54. The zero-order valence-electron chi connectivity index (χ0n) is 14.4. The molecule has 0 radical (unpaired) electrons. The number of hydrogen-bond donors (Lipinski definition) is 2. The van der Waals surface area contributed by atoms with Crippen LogP contribution < -0.4 is 5.32 Å². The molecule has 0 aliphatic rings. The molecule has 0 spiro atoms. The van der Waals surface area contributed by atoms with E-state index < -0.39 is 0 Å². The van der Waals surface area contributed by atoms with Crippen molar-refractivity contribution in [1.29, 1.82) is 0 Å². The highest BCUT2D eigenvalue weighted by Gasteiger charge is 2.04. The average molecular weight is 316 g/mol. The summed E-state index contributed by atoms with van der Waals surface area (Å²) in [6.07, 6.45) is 6.47. The van der Waals surface area contributed by atoms with Crippen molar-refractivity contribution in [3.8, 4) is 0 Å². The summed E-state index contributed by atoms with van der Waals surface area (Å²) in [6, 6.07) is 8.05. The molecule has 1 aromatic carbocycles. The van der Waals surface area contributed by atoms with Gasteiger partial charge in [-0.2, -0.15) is 0 Å². The van der Waals surface area contributed by atoms with Crippen molar-refractivity contribution in [3.05, 3.63) is 48.0 Å². The van der Waals surface area contributed by atoms with Crippen LogP contribution in [-0.2, 0) is 4.79 Å². The second kappa shape index (κ2) is 9.85. The van der Waals surface area contributed by atoms with Crippen LogP contribution in [0.5, 0.6) is 0 Å². The van der Waals surface area contributed by atoms with Crippen LogP contribution >= 0.6 is 0 Å². The molecule has 23 heavy (non-hydrogen) atoms. The van der Waals surface area contributed by atoms with Crippen molar-refractivity contribution < 1.29 is 9.90 Å². The van der Waals surface area contributed by atoms with Gasteiger partial charge in [0.1, 0.15) is 0 Å². The molecule has 0 saturated carbocycles. The second-order valence-corrected chi connectivity index (χ2v) is 5.91. The molecule has 1 aromatic rings. The van der Waals surface area contributed by atoms with Crippen LogP contribution in [-0.4, -0.2) is 42.7 Å². The van der Waals surface area contributed by atoms with E-state index in [1.807, 2.05) is 25.1 Å². The van der Waals surface area contributed by atoms with Gasteiger partial charge in [0.15, 0.2) is 0 Å². The lowest BCUT2D eigenvalue weighted by molar-refractivity contribution is -0.128. The third-order valence-electron chi connectivity index (χ3n) is 3.50. The molecular formula is C19H28N2O2. The highest BCUT2D eigenvalue weighted by Crippen LogP contribution is 2.14. The standard InChI is InChI=1S/C19H28N2O2/c1-15(14-22)20-16(2)18-11-8-10-17(13-18)9-6-5-7-12-19(23)21(3)4/h6,8-11,13,15,20,22H,2,5,7,12,14H2,1,3-4H3/b9-6-. The smallest absolute Gasteiger partial charge is 0.222 e. The number of amides is 1. The first kappa shape index (κ1) is 19.0. The number of aliphatic hydroxyl groups excluding tert-OH is 1. The number of aliphatic hydroxyl groups is 1. The minimum Gasteiger partial charge on any atom is -0.394 e. The Labute approximate surface area is 139 Å². The Balaban J connectivity index is 2.52. The fraction of sp³-hybridized carbons (Fsp3) is 0.421. The van der Waals surface area contributed by atoms with Gasteiger partial charge in [-0.1, -0.05) is 36.9 Å². The van der Waals surface area contributed by atoms with Gasteiger partial charge in [0.05, 0.1) is 6.61 Å². The first-order valence-corrected chi connectivity index (χ1v) is 7.97. The summed E-state index contributed by atoms with van der Waals surface area (Å²) >= 11 is 0. The van der Waals surface area contributed by atoms with Gasteiger partial charge in [-0.15, -0.1) is 0 Å². The lowest BCUT2D eigenvalue weighted by Gasteiger charge is -2.15. The van der Waals surface area contributed by atoms with Crippen molar-refractivity contribution >= 4 is 17.7 Å². The SMILES string of the molecule is C=C(NC(C)CO)c1cccc(/C=C\CCCC(=O)N(C)C)c1. The van der Waals surface area contributed by atoms with Crippen LogP contribution in [0.1, 0.15) is 37.3 Å². The monoisotopic (exact) mass is 316 g/mol. The van der Waals surface area contributed by atoms with Gasteiger partial charge < -0.3 is 15.3 Å². The maximum Gasteiger partial charge on any atom is 0.222 e. The van der Waals surface area contributed by atoms with Crippen molar-refractivity contribution in [2.45, 2.75) is 32.2 Å². The summed E-state index contributed by atoms with van der Waals surface area (Å²) in [6.45, 7) is 5.99. The molecule has 1 atom stereocenters. The molecule has 0 saturated heterocycles. The molecule has 0 aromatic heterocycles. The van der Waals surface area contributed by atoms with Gasteiger partial charge in [-0.3, -0.25) is 4.79 Å². The van der Waals surface area contributed by atoms with Gasteiger partial charge >= 0.3 is 0 Å². The molecule has 2 N–H and O–H groups in total. The van der Waals surface area contributed by atoms with Crippen LogP contribution in [0.15, 0.2) is 36.9 Å². The zero-order chi connectivity index (χ0) is 17.2. The van der Waals surface area contributed by atoms with Crippen LogP contribution in [0.3, 0.4) is 0 Å². The largest absolute Gasteiger partial charge is 0.394 e. The Kier molecular flexibility index (Phi) is 8.13. The number of nitrogens with one attached hydrogen (secondary N) is 1. The third kappa shape index (κ3) is 7.15. The van der Waals surface area contributed by atoms with Crippen LogP contribution in [0.4, 0.5) is 0 Å². The van der Waals surface area contributed by atoms with E-state index in [2.05, 4.69) is 30.1 Å². The van der Waals surface area contributed by atoms with E-state index in [1.54, 1.807) is 19.0 Å². The lowest BCUT2D eigenvalue weighted by atomic mass is 10.1. The second-order valence-electron chi connectivity index (χ2n) is 5.91. The van der Waals surface area contributed by atoms with Crippen LogP contribution in [0.25, 0.3) is 11.8 Å². The summed E-state index contributed by atoms with van der Waals surface area (Å²) in [5.74, 6) is 0.167. The van der Waals surface area contributed by atoms with E-state index in [0.717, 1.165) is 29.7 Å². The van der Waals surface area contributed by atoms with E-state index in [1.165, 1.54) is 0 Å². The van der Waals surface area contributed by atoms with E-state index in [-0.39, 0.29) is 18.6 Å². The number of carbonyl (C=O) groups excluding carboxylic acids is 1. The molecule has 0 bridgehead atoms. The number of nitrogens with zero attached hydrogens (tertiary/aromatic N) is 1. The first-order valence-electron chi connectivity index (χ1n) is 7.97. The fourth-order valence-corrected chi connectivity index (χ4v) is 2.07. The van der Waals surface area contributed by atoms with Gasteiger partial charge in [-0.05, 0) is 37.0 Å². The van der Waals surface area contributed by atoms with E-state index in [0.29, 0.717) is 6.42 Å². The van der Waals surface area contributed by atoms with Gasteiger partial charge in [0.25, 0.3) is 0 Å². The number of carbonyl (C=O) groups is 1. The summed E-state index contributed by atoms with van der Waals surface area (Å²) in [7, 11) is 3.56. The molecule has 0 aliphatic heterocycles. The summed E-state index contributed by atoms with van der Waals surface area (Å²) in [5, 5.41) is 12.2. The minimum atomic E-state index is -0.0177. The van der Waals surface area contributed by atoms with E-state index in [4.69, 9.17) is 5.11 Å². The topological polar surface area (TPSA) is 52.6 Å². The van der Waals surface area contributed by atoms with Crippen LogP contribution in [0.2, 0.25) is 0 Å². The van der Waals surface area contributed by atoms with E-state index >= 15 is 0 Å². The minimum absolute atomic E-state index is 0.0177. The maximum atomic E-state index is 11.5. The van der Waals surface area contributed by atoms with Crippen molar-refractivity contribution in [2.75, 3.05) is 20.7 Å². The number of hydrogen-bond acceptors (Lipinski definition) is 3. The van der Waals surface area contributed by atoms with Gasteiger partial charge in [0, 0.05) is 32.3 Å².